The predicted octanol–water partition coefficient (Wildman–Crippen LogP) is 3.40. The fraction of sp³-hybridized carbons (Fsp3) is 0.524. The van der Waals surface area contributed by atoms with Gasteiger partial charge in [0.25, 0.3) is 5.91 Å². The summed E-state index contributed by atoms with van der Waals surface area (Å²) in [6.07, 6.45) is 8.15. The second-order valence-electron chi connectivity index (χ2n) is 7.74. The normalized spacial score (nSPS) is 22.2. The summed E-state index contributed by atoms with van der Waals surface area (Å²) >= 11 is 1.50. The Morgan fingerprint density at radius 3 is 2.78 bits per heavy atom. The molecule has 0 aromatic carbocycles. The number of amides is 1. The van der Waals surface area contributed by atoms with Crippen molar-refractivity contribution in [3.63, 3.8) is 0 Å². The van der Waals surface area contributed by atoms with Crippen molar-refractivity contribution < 1.29 is 9.53 Å². The second-order valence-corrected chi connectivity index (χ2v) is 8.65. The van der Waals surface area contributed by atoms with Gasteiger partial charge in [0.1, 0.15) is 0 Å². The SMILES string of the molecule is Cc1ccsc1C(=O)NCC1CCC2(CCN(Cc3ccncc3)CC2)O1. The number of carbonyl (C=O) groups excluding carboxylic acids is 1. The topological polar surface area (TPSA) is 54.5 Å². The van der Waals surface area contributed by atoms with Crippen LogP contribution >= 0.6 is 11.3 Å². The molecular formula is C21H27N3O2S. The number of piperidine rings is 1. The Balaban J connectivity index is 1.24. The van der Waals surface area contributed by atoms with Crippen LogP contribution in [0.2, 0.25) is 0 Å². The van der Waals surface area contributed by atoms with Crippen molar-refractivity contribution in [3.8, 4) is 0 Å². The van der Waals surface area contributed by atoms with Crippen LogP contribution in [-0.4, -0.2) is 47.1 Å². The average Bonchev–Trinajstić information content (AvgIpc) is 3.29. The Bertz CT molecular complexity index is 769. The Hall–Kier alpha value is -1.76. The molecular weight excluding hydrogens is 358 g/mol. The highest BCUT2D eigenvalue weighted by atomic mass is 32.1. The summed E-state index contributed by atoms with van der Waals surface area (Å²) in [6, 6.07) is 6.16. The summed E-state index contributed by atoms with van der Waals surface area (Å²) in [4.78, 5) is 19.7. The second kappa shape index (κ2) is 8.09. The summed E-state index contributed by atoms with van der Waals surface area (Å²) in [6.45, 7) is 5.70. The standard InChI is InChI=1S/C21H27N3O2S/c1-16-5-13-27-19(16)20(25)23-14-18-2-6-21(26-18)7-11-24(12-8-21)15-17-3-9-22-10-4-17/h3-5,9-10,13,18H,2,6-8,11-12,14-15H2,1H3,(H,23,25). The zero-order valence-corrected chi connectivity index (χ0v) is 16.6. The monoisotopic (exact) mass is 385 g/mol. The summed E-state index contributed by atoms with van der Waals surface area (Å²) < 4.78 is 6.44. The van der Waals surface area contributed by atoms with Crippen LogP contribution in [0.5, 0.6) is 0 Å². The molecule has 0 saturated carbocycles. The lowest BCUT2D eigenvalue weighted by Gasteiger charge is -2.39. The van der Waals surface area contributed by atoms with Gasteiger partial charge in [-0.05, 0) is 67.3 Å². The van der Waals surface area contributed by atoms with Crippen LogP contribution in [-0.2, 0) is 11.3 Å². The highest BCUT2D eigenvalue weighted by Crippen LogP contribution is 2.39. The molecule has 4 heterocycles. The molecule has 5 nitrogen and oxygen atoms in total. The van der Waals surface area contributed by atoms with Gasteiger partial charge in [-0.15, -0.1) is 11.3 Å². The van der Waals surface area contributed by atoms with Gasteiger partial charge >= 0.3 is 0 Å². The van der Waals surface area contributed by atoms with Gasteiger partial charge < -0.3 is 10.1 Å². The number of aryl methyl sites for hydroxylation is 1. The van der Waals surface area contributed by atoms with E-state index in [1.807, 2.05) is 30.8 Å². The molecule has 0 bridgehead atoms. The zero-order valence-electron chi connectivity index (χ0n) is 15.8. The smallest absolute Gasteiger partial charge is 0.261 e. The fourth-order valence-corrected chi connectivity index (χ4v) is 5.01. The van der Waals surface area contributed by atoms with Gasteiger partial charge in [-0.1, -0.05) is 0 Å². The number of nitrogens with one attached hydrogen (secondary N) is 1. The van der Waals surface area contributed by atoms with Gasteiger partial charge in [-0.2, -0.15) is 0 Å². The van der Waals surface area contributed by atoms with E-state index in [-0.39, 0.29) is 17.6 Å². The number of rotatable bonds is 5. The van der Waals surface area contributed by atoms with Crippen molar-refractivity contribution in [2.75, 3.05) is 19.6 Å². The molecule has 0 aliphatic carbocycles. The van der Waals surface area contributed by atoms with Crippen LogP contribution in [0.1, 0.15) is 46.5 Å². The van der Waals surface area contributed by atoms with Crippen molar-refractivity contribution in [1.29, 1.82) is 0 Å². The van der Waals surface area contributed by atoms with E-state index in [9.17, 15) is 4.79 Å². The molecule has 1 atom stereocenters. The Kier molecular flexibility index (Phi) is 5.57. The third-order valence-corrected chi connectivity index (χ3v) is 6.84. The van der Waals surface area contributed by atoms with Gasteiger partial charge in [-0.25, -0.2) is 0 Å². The van der Waals surface area contributed by atoms with Gasteiger partial charge in [0, 0.05) is 38.6 Å². The molecule has 1 N–H and O–H groups in total. The molecule has 2 aliphatic rings. The lowest BCUT2D eigenvalue weighted by molar-refractivity contribution is -0.0764. The van der Waals surface area contributed by atoms with E-state index in [0.29, 0.717) is 6.54 Å². The first-order valence-electron chi connectivity index (χ1n) is 9.75. The van der Waals surface area contributed by atoms with Crippen LogP contribution < -0.4 is 5.32 Å². The largest absolute Gasteiger partial charge is 0.370 e. The molecule has 144 valence electrons. The predicted molar refractivity (Wildman–Crippen MR) is 107 cm³/mol. The molecule has 2 saturated heterocycles. The van der Waals surface area contributed by atoms with Gasteiger partial charge in [0.2, 0.25) is 0 Å². The van der Waals surface area contributed by atoms with E-state index in [4.69, 9.17) is 4.74 Å². The van der Waals surface area contributed by atoms with E-state index >= 15 is 0 Å². The Morgan fingerprint density at radius 1 is 1.30 bits per heavy atom. The maximum absolute atomic E-state index is 12.3. The lowest BCUT2D eigenvalue weighted by Crippen LogP contribution is -2.44. The number of hydrogen-bond donors (Lipinski definition) is 1. The molecule has 27 heavy (non-hydrogen) atoms. The number of nitrogens with zero attached hydrogens (tertiary/aromatic N) is 2. The zero-order chi connectivity index (χ0) is 18.7. The van der Waals surface area contributed by atoms with Crippen LogP contribution in [0.3, 0.4) is 0 Å². The van der Waals surface area contributed by atoms with Crippen molar-refractivity contribution in [2.45, 2.75) is 50.9 Å². The maximum Gasteiger partial charge on any atom is 0.261 e. The van der Waals surface area contributed by atoms with Crippen molar-refractivity contribution in [1.82, 2.24) is 15.2 Å². The van der Waals surface area contributed by atoms with E-state index in [0.717, 1.165) is 55.8 Å². The van der Waals surface area contributed by atoms with E-state index in [1.165, 1.54) is 16.9 Å². The highest BCUT2D eigenvalue weighted by molar-refractivity contribution is 7.12. The number of thiophene rings is 1. The van der Waals surface area contributed by atoms with Crippen molar-refractivity contribution >= 4 is 17.2 Å². The minimum absolute atomic E-state index is 0.0169. The number of carbonyl (C=O) groups is 1. The molecule has 1 amide bonds. The Labute approximate surface area is 164 Å². The average molecular weight is 386 g/mol. The number of aromatic nitrogens is 1. The molecule has 1 unspecified atom stereocenters. The number of hydrogen-bond acceptors (Lipinski definition) is 5. The first-order chi connectivity index (χ1) is 13.1. The third kappa shape index (κ3) is 4.39. The molecule has 1 spiro atoms. The first-order valence-corrected chi connectivity index (χ1v) is 10.6. The molecule has 2 aliphatic heterocycles. The van der Waals surface area contributed by atoms with Crippen LogP contribution in [0.15, 0.2) is 36.0 Å². The molecule has 6 heteroatoms. The summed E-state index contributed by atoms with van der Waals surface area (Å²) in [5.74, 6) is 0.0271. The van der Waals surface area contributed by atoms with E-state index in [1.54, 1.807) is 0 Å². The van der Waals surface area contributed by atoms with E-state index in [2.05, 4.69) is 27.3 Å². The number of pyridine rings is 1. The number of ether oxygens (including phenoxy) is 1. The lowest BCUT2D eigenvalue weighted by atomic mass is 9.88. The number of likely N-dealkylation sites (tertiary alicyclic amines) is 1. The quantitative estimate of drug-likeness (QED) is 0.857. The van der Waals surface area contributed by atoms with E-state index < -0.39 is 0 Å². The highest BCUT2D eigenvalue weighted by Gasteiger charge is 2.42. The minimum atomic E-state index is 0.0169. The molecule has 2 fully saturated rings. The maximum atomic E-state index is 12.3. The van der Waals surface area contributed by atoms with Gasteiger partial charge in [0.05, 0.1) is 16.6 Å². The van der Waals surface area contributed by atoms with Gasteiger partial charge in [-0.3, -0.25) is 14.7 Å². The third-order valence-electron chi connectivity index (χ3n) is 5.82. The van der Waals surface area contributed by atoms with Crippen molar-refractivity contribution in [2.24, 2.45) is 0 Å². The van der Waals surface area contributed by atoms with Crippen LogP contribution in [0, 0.1) is 6.92 Å². The van der Waals surface area contributed by atoms with Crippen molar-refractivity contribution in [3.05, 3.63) is 52.0 Å². The molecule has 2 aromatic heterocycles. The first kappa shape index (κ1) is 18.6. The summed E-state index contributed by atoms with van der Waals surface area (Å²) in [5, 5.41) is 5.02. The summed E-state index contributed by atoms with van der Waals surface area (Å²) in [5.41, 5.74) is 2.38. The molecule has 4 rings (SSSR count). The molecule has 0 radical (unpaired) electrons. The van der Waals surface area contributed by atoms with Crippen LogP contribution in [0.4, 0.5) is 0 Å². The van der Waals surface area contributed by atoms with Crippen LogP contribution in [0.25, 0.3) is 0 Å². The fourth-order valence-electron chi connectivity index (χ4n) is 4.16. The Morgan fingerprint density at radius 2 is 2.07 bits per heavy atom. The minimum Gasteiger partial charge on any atom is -0.370 e. The molecule has 2 aromatic rings. The summed E-state index contributed by atoms with van der Waals surface area (Å²) in [7, 11) is 0. The van der Waals surface area contributed by atoms with Gasteiger partial charge in [0.15, 0.2) is 0 Å².